The molecule has 0 amide bonds. The summed E-state index contributed by atoms with van der Waals surface area (Å²) in [5.74, 6) is -2.20. The standard InChI is InChI=1S/C79H142O17P2/c1-5-9-13-17-21-25-29-33-36-40-43-47-51-55-59-63-76(81)89-69-74(95-78(83)65-61-57-53-49-45-39-32-28-24-20-16-12-8-4)71-93-97(85,86)91-67-73(80)68-92-98(87,88)94-72-75(96-79(84)66-62-58-54-50-46-42-38-35-31-27-23-19-15-11-7-3)70-90-77(82)64-60-56-52-48-44-41-37-34-30-26-22-18-14-10-6-2/h22,25-27,29,31,33-38,73-75,80H,5-21,23-24,28,30,32,39-72H2,1-4H3,(H,85,86)(H,87,88)/b26-22-,29-25-,31-27-,36-33-,37-34-,38-35-/t73-,74+,75+/m0/s1. The third-order valence-electron chi connectivity index (χ3n) is 16.7. The third kappa shape index (κ3) is 70.9. The fraction of sp³-hybridized carbons (Fsp3) is 0.797. The molecule has 0 heterocycles. The Morgan fingerprint density at radius 3 is 0.847 bits per heavy atom. The number of ether oxygens (including phenoxy) is 4. The molecule has 98 heavy (non-hydrogen) atoms. The van der Waals surface area contributed by atoms with Crippen LogP contribution in [0, 0.1) is 0 Å². The summed E-state index contributed by atoms with van der Waals surface area (Å²) in [5.41, 5.74) is 0. The predicted octanol–water partition coefficient (Wildman–Crippen LogP) is 22.4. The van der Waals surface area contributed by atoms with Crippen molar-refractivity contribution in [3.63, 3.8) is 0 Å². The zero-order chi connectivity index (χ0) is 71.8. The van der Waals surface area contributed by atoms with E-state index in [1.54, 1.807) is 0 Å². The van der Waals surface area contributed by atoms with Crippen molar-refractivity contribution in [1.82, 2.24) is 0 Å². The molecule has 570 valence electrons. The highest BCUT2D eigenvalue weighted by Gasteiger charge is 2.30. The van der Waals surface area contributed by atoms with E-state index in [9.17, 15) is 43.2 Å². The highest BCUT2D eigenvalue weighted by Crippen LogP contribution is 2.45. The Labute approximate surface area is 596 Å². The van der Waals surface area contributed by atoms with Crippen molar-refractivity contribution in [3.8, 4) is 0 Å². The van der Waals surface area contributed by atoms with E-state index in [4.69, 9.17) is 37.0 Å². The number of aliphatic hydroxyl groups is 1. The molecule has 0 aromatic carbocycles. The first kappa shape index (κ1) is 94.5. The van der Waals surface area contributed by atoms with Crippen LogP contribution in [0.1, 0.15) is 349 Å². The van der Waals surface area contributed by atoms with Gasteiger partial charge in [0.2, 0.25) is 0 Å². The highest BCUT2D eigenvalue weighted by atomic mass is 31.2. The van der Waals surface area contributed by atoms with Crippen LogP contribution in [0.4, 0.5) is 0 Å². The summed E-state index contributed by atoms with van der Waals surface area (Å²) < 4.78 is 68.5. The molecule has 0 saturated heterocycles. The number of rotatable bonds is 74. The molecule has 17 nitrogen and oxygen atoms in total. The fourth-order valence-corrected chi connectivity index (χ4v) is 12.2. The van der Waals surface area contributed by atoms with Crippen LogP contribution >= 0.6 is 15.6 Å². The number of aliphatic hydroxyl groups excluding tert-OH is 1. The first-order valence-electron chi connectivity index (χ1n) is 39.2. The summed E-state index contributed by atoms with van der Waals surface area (Å²) >= 11 is 0. The summed E-state index contributed by atoms with van der Waals surface area (Å²) in [4.78, 5) is 72.9. The van der Waals surface area contributed by atoms with Gasteiger partial charge in [0.25, 0.3) is 0 Å². The molecule has 0 rings (SSSR count). The molecular formula is C79H142O17P2. The van der Waals surface area contributed by atoms with Gasteiger partial charge in [0, 0.05) is 25.7 Å². The number of phosphoric acid groups is 2. The van der Waals surface area contributed by atoms with Gasteiger partial charge in [0.1, 0.15) is 19.3 Å². The van der Waals surface area contributed by atoms with Gasteiger partial charge in [-0.1, -0.05) is 287 Å². The first-order valence-corrected chi connectivity index (χ1v) is 42.2. The Morgan fingerprint density at radius 1 is 0.296 bits per heavy atom. The van der Waals surface area contributed by atoms with Crippen molar-refractivity contribution in [3.05, 3.63) is 72.9 Å². The number of allylic oxidation sites excluding steroid dienone is 12. The van der Waals surface area contributed by atoms with Crippen LogP contribution in [0.15, 0.2) is 72.9 Å². The van der Waals surface area contributed by atoms with Crippen LogP contribution in [-0.2, 0) is 65.4 Å². The van der Waals surface area contributed by atoms with Crippen molar-refractivity contribution in [2.45, 2.75) is 367 Å². The smallest absolute Gasteiger partial charge is 0.462 e. The molecule has 0 spiro atoms. The van der Waals surface area contributed by atoms with Crippen LogP contribution in [-0.4, -0.2) is 96.7 Å². The van der Waals surface area contributed by atoms with Crippen LogP contribution in [0.25, 0.3) is 0 Å². The second kappa shape index (κ2) is 71.9. The lowest BCUT2D eigenvalue weighted by atomic mass is 10.0. The number of esters is 4. The lowest BCUT2D eigenvalue weighted by Gasteiger charge is -2.21. The van der Waals surface area contributed by atoms with Gasteiger partial charge in [-0.2, -0.15) is 0 Å². The number of carbonyl (C=O) groups is 4. The van der Waals surface area contributed by atoms with E-state index in [1.807, 2.05) is 0 Å². The second-order valence-electron chi connectivity index (χ2n) is 26.4. The zero-order valence-electron chi connectivity index (χ0n) is 62.2. The van der Waals surface area contributed by atoms with Gasteiger partial charge in [0.15, 0.2) is 12.2 Å². The average Bonchev–Trinajstić information content (AvgIpc) is 1.04. The van der Waals surface area contributed by atoms with E-state index in [0.29, 0.717) is 25.7 Å². The van der Waals surface area contributed by atoms with Gasteiger partial charge in [0.05, 0.1) is 26.4 Å². The van der Waals surface area contributed by atoms with Crippen LogP contribution in [0.3, 0.4) is 0 Å². The van der Waals surface area contributed by atoms with Crippen molar-refractivity contribution in [2.75, 3.05) is 39.6 Å². The quantitative estimate of drug-likeness (QED) is 0.0128. The summed E-state index contributed by atoms with van der Waals surface area (Å²) in [6.45, 7) is 4.80. The van der Waals surface area contributed by atoms with Gasteiger partial charge in [-0.25, -0.2) is 9.13 Å². The van der Waals surface area contributed by atoms with Gasteiger partial charge < -0.3 is 33.8 Å². The topological polar surface area (TPSA) is 237 Å². The van der Waals surface area contributed by atoms with Crippen molar-refractivity contribution >= 4 is 39.5 Å². The summed E-state index contributed by atoms with van der Waals surface area (Å²) in [6, 6.07) is 0. The molecule has 0 radical (unpaired) electrons. The van der Waals surface area contributed by atoms with Crippen molar-refractivity contribution in [1.29, 1.82) is 0 Å². The maximum absolute atomic E-state index is 13.1. The summed E-state index contributed by atoms with van der Waals surface area (Å²) in [5, 5.41) is 10.6. The van der Waals surface area contributed by atoms with E-state index >= 15 is 0 Å². The Kier molecular flexibility index (Phi) is 69.3. The molecule has 0 aliphatic heterocycles. The molecule has 0 bridgehead atoms. The molecule has 0 aliphatic carbocycles. The number of hydrogen-bond acceptors (Lipinski definition) is 15. The van der Waals surface area contributed by atoms with E-state index in [1.165, 1.54) is 122 Å². The van der Waals surface area contributed by atoms with Gasteiger partial charge in [-0.3, -0.25) is 37.3 Å². The Balaban J connectivity index is 5.36. The molecule has 19 heteroatoms. The van der Waals surface area contributed by atoms with Crippen molar-refractivity contribution < 1.29 is 80.2 Å². The Morgan fingerprint density at radius 2 is 0.531 bits per heavy atom. The minimum atomic E-state index is -4.98. The molecule has 0 aliphatic rings. The monoisotopic (exact) mass is 1420 g/mol. The number of hydrogen-bond donors (Lipinski definition) is 3. The largest absolute Gasteiger partial charge is 0.472 e. The molecule has 0 aromatic rings. The fourth-order valence-electron chi connectivity index (χ4n) is 10.6. The Hall–Kier alpha value is -3.50. The van der Waals surface area contributed by atoms with Crippen molar-refractivity contribution in [2.24, 2.45) is 0 Å². The van der Waals surface area contributed by atoms with Crippen LogP contribution in [0.5, 0.6) is 0 Å². The van der Waals surface area contributed by atoms with E-state index in [2.05, 4.69) is 101 Å². The summed E-state index contributed by atoms with van der Waals surface area (Å²) in [7, 11) is -9.95. The SMILES string of the molecule is CCCCC/C=C\C/C=C\CCCCCCCC(=O)OC[C@H](COP(=O)(O)OC[C@@H](O)COP(=O)(O)OC[C@@H](COC(=O)CCCCCCC/C=C\C=C/CCCCCC)OC(=O)CCCCCCCCCCCCCCC)OC(=O)CCCCCCC/C=C\C=C/CCCCCC. The zero-order valence-corrected chi connectivity index (χ0v) is 64.0. The maximum atomic E-state index is 13.1. The number of phosphoric ester groups is 2. The number of carbonyl (C=O) groups excluding carboxylic acids is 4. The van der Waals surface area contributed by atoms with E-state index in [-0.39, 0.29) is 25.7 Å². The highest BCUT2D eigenvalue weighted by molar-refractivity contribution is 7.47. The molecule has 0 saturated carbocycles. The molecule has 0 aromatic heterocycles. The van der Waals surface area contributed by atoms with Gasteiger partial charge in [-0.15, -0.1) is 0 Å². The first-order chi connectivity index (χ1) is 47.7. The lowest BCUT2D eigenvalue weighted by molar-refractivity contribution is -0.161. The normalized spacial score (nSPS) is 14.3. The molecule has 0 fully saturated rings. The maximum Gasteiger partial charge on any atom is 0.472 e. The Bertz CT molecular complexity index is 2140. The minimum Gasteiger partial charge on any atom is -0.462 e. The van der Waals surface area contributed by atoms with Crippen LogP contribution < -0.4 is 0 Å². The van der Waals surface area contributed by atoms with E-state index < -0.39 is 97.5 Å². The lowest BCUT2D eigenvalue weighted by Crippen LogP contribution is -2.30. The third-order valence-corrected chi connectivity index (χ3v) is 18.6. The number of unbranched alkanes of at least 4 members (excludes halogenated alkanes) is 38. The molecule has 2 unspecified atom stereocenters. The van der Waals surface area contributed by atoms with E-state index in [0.717, 1.165) is 148 Å². The predicted molar refractivity (Wildman–Crippen MR) is 400 cm³/mol. The van der Waals surface area contributed by atoms with Crippen LogP contribution in [0.2, 0.25) is 0 Å². The van der Waals surface area contributed by atoms with Gasteiger partial charge >= 0.3 is 39.5 Å². The van der Waals surface area contributed by atoms with Gasteiger partial charge in [-0.05, 0) is 109 Å². The molecular weight excluding hydrogens is 1280 g/mol. The molecule has 5 atom stereocenters. The second-order valence-corrected chi connectivity index (χ2v) is 29.3. The minimum absolute atomic E-state index is 0.0766. The average molecular weight is 1430 g/mol. The summed E-state index contributed by atoms with van der Waals surface area (Å²) in [6.07, 6.45) is 71.6. The molecule has 3 N–H and O–H groups in total.